The molecule has 16 heavy (non-hydrogen) atoms. The third kappa shape index (κ3) is 2.11. The van der Waals surface area contributed by atoms with Crippen molar-refractivity contribution in [3.8, 4) is 5.75 Å². The van der Waals surface area contributed by atoms with Gasteiger partial charge in [-0.3, -0.25) is 0 Å². The molecule has 2 nitrogen and oxygen atoms in total. The Labute approximate surface area is 105 Å². The summed E-state index contributed by atoms with van der Waals surface area (Å²) in [6.07, 6.45) is 3.83. The van der Waals surface area contributed by atoms with Gasteiger partial charge in [-0.25, -0.2) is 0 Å². The van der Waals surface area contributed by atoms with Crippen molar-refractivity contribution >= 4 is 15.9 Å². The first-order chi connectivity index (χ1) is 7.84. The van der Waals surface area contributed by atoms with Crippen LogP contribution in [0.15, 0.2) is 22.7 Å². The number of rotatable bonds is 3. The Kier molecular flexibility index (Phi) is 2.90. The summed E-state index contributed by atoms with van der Waals surface area (Å²) in [5, 5.41) is 3.62. The van der Waals surface area contributed by atoms with Gasteiger partial charge in [0.25, 0.3) is 0 Å². The lowest BCUT2D eigenvalue weighted by Gasteiger charge is -2.27. The predicted octanol–water partition coefficient (Wildman–Crippen LogP) is 3.07. The van der Waals surface area contributed by atoms with E-state index in [1.54, 1.807) is 0 Å². The largest absolute Gasteiger partial charge is 0.493 e. The van der Waals surface area contributed by atoms with Gasteiger partial charge in [0.05, 0.1) is 6.61 Å². The molecule has 0 saturated heterocycles. The molecule has 1 fully saturated rings. The fourth-order valence-electron chi connectivity index (χ4n) is 2.30. The van der Waals surface area contributed by atoms with Gasteiger partial charge < -0.3 is 10.1 Å². The van der Waals surface area contributed by atoms with Crippen LogP contribution in [0.5, 0.6) is 5.75 Å². The molecule has 1 atom stereocenters. The van der Waals surface area contributed by atoms with Gasteiger partial charge in [-0.05, 0) is 31.4 Å². The number of benzene rings is 1. The Morgan fingerprint density at radius 3 is 3.00 bits per heavy atom. The molecule has 0 bridgehead atoms. The molecule has 1 heterocycles. The van der Waals surface area contributed by atoms with Crippen LogP contribution in [-0.4, -0.2) is 19.2 Å². The normalized spacial score (nSPS) is 23.7. The van der Waals surface area contributed by atoms with Crippen molar-refractivity contribution in [3.63, 3.8) is 0 Å². The molecule has 3 rings (SSSR count). The van der Waals surface area contributed by atoms with E-state index in [2.05, 4.69) is 33.4 Å². The van der Waals surface area contributed by atoms with Gasteiger partial charge >= 0.3 is 0 Å². The molecule has 2 aliphatic rings. The molecule has 1 aromatic rings. The van der Waals surface area contributed by atoms with E-state index in [9.17, 15) is 0 Å². The first-order valence-electron chi connectivity index (χ1n) is 5.99. The minimum atomic E-state index is 0.597. The molecule has 1 saturated carbocycles. The number of hydrogen-bond acceptors (Lipinski definition) is 2. The van der Waals surface area contributed by atoms with E-state index in [0.29, 0.717) is 5.92 Å². The van der Waals surface area contributed by atoms with Crippen LogP contribution in [-0.2, 0) is 0 Å². The van der Waals surface area contributed by atoms with Crippen LogP contribution in [0.4, 0.5) is 0 Å². The third-order valence-electron chi connectivity index (χ3n) is 3.38. The lowest BCUT2D eigenvalue weighted by Crippen LogP contribution is -2.27. The molecule has 1 unspecified atom stereocenters. The predicted molar refractivity (Wildman–Crippen MR) is 68.0 cm³/mol. The van der Waals surface area contributed by atoms with E-state index in [1.165, 1.54) is 22.9 Å². The average molecular weight is 282 g/mol. The van der Waals surface area contributed by atoms with E-state index in [-0.39, 0.29) is 0 Å². The quantitative estimate of drug-likeness (QED) is 0.920. The fraction of sp³-hybridized carbons (Fsp3) is 0.538. The molecular formula is C13H16BrNO. The fourth-order valence-corrected chi connectivity index (χ4v) is 2.97. The van der Waals surface area contributed by atoms with E-state index in [1.807, 2.05) is 6.07 Å². The van der Waals surface area contributed by atoms with Crippen LogP contribution < -0.4 is 10.1 Å². The molecule has 86 valence electrons. The highest BCUT2D eigenvalue weighted by Crippen LogP contribution is 2.38. The van der Waals surface area contributed by atoms with Crippen LogP contribution in [0.3, 0.4) is 0 Å². The van der Waals surface area contributed by atoms with Crippen molar-refractivity contribution in [1.82, 2.24) is 5.32 Å². The van der Waals surface area contributed by atoms with Crippen LogP contribution in [0.1, 0.15) is 30.7 Å². The summed E-state index contributed by atoms with van der Waals surface area (Å²) in [6.45, 7) is 1.93. The second kappa shape index (κ2) is 4.38. The summed E-state index contributed by atoms with van der Waals surface area (Å²) in [4.78, 5) is 0. The maximum Gasteiger partial charge on any atom is 0.123 e. The molecule has 3 heteroatoms. The molecule has 0 radical (unpaired) electrons. The molecular weight excluding hydrogens is 266 g/mol. The van der Waals surface area contributed by atoms with Crippen LogP contribution in [0, 0.1) is 0 Å². The molecule has 0 spiro atoms. The molecule has 1 aliphatic heterocycles. The maximum absolute atomic E-state index is 5.70. The minimum absolute atomic E-state index is 0.597. The van der Waals surface area contributed by atoms with Crippen molar-refractivity contribution in [3.05, 3.63) is 28.2 Å². The molecule has 1 aliphatic carbocycles. The summed E-state index contributed by atoms with van der Waals surface area (Å²) in [5.41, 5.74) is 1.35. The second-order valence-electron chi connectivity index (χ2n) is 4.67. The van der Waals surface area contributed by atoms with Crippen molar-refractivity contribution in [2.45, 2.75) is 31.2 Å². The van der Waals surface area contributed by atoms with Gasteiger partial charge in [-0.1, -0.05) is 22.0 Å². The Morgan fingerprint density at radius 2 is 2.19 bits per heavy atom. The minimum Gasteiger partial charge on any atom is -0.493 e. The SMILES string of the molecule is Brc1cccc2c1C(CNC1CC1)CCO2. The number of nitrogens with one attached hydrogen (secondary N) is 1. The van der Waals surface area contributed by atoms with E-state index in [4.69, 9.17) is 4.74 Å². The summed E-state index contributed by atoms with van der Waals surface area (Å²) in [6, 6.07) is 7.01. The van der Waals surface area contributed by atoms with Crippen molar-refractivity contribution in [2.24, 2.45) is 0 Å². The smallest absolute Gasteiger partial charge is 0.123 e. The highest BCUT2D eigenvalue weighted by Gasteiger charge is 2.27. The standard InChI is InChI=1S/C13H16BrNO/c14-11-2-1-3-12-13(11)9(6-7-16-12)8-15-10-4-5-10/h1-3,9-10,15H,4-8H2. The summed E-state index contributed by atoms with van der Waals surface area (Å²) >= 11 is 3.64. The molecule has 1 aromatic carbocycles. The average Bonchev–Trinajstić information content (AvgIpc) is 3.10. The lowest BCUT2D eigenvalue weighted by atomic mass is 9.93. The zero-order valence-corrected chi connectivity index (χ0v) is 10.8. The first kappa shape index (κ1) is 10.6. The number of fused-ring (bicyclic) bond motifs is 1. The van der Waals surface area contributed by atoms with Gasteiger partial charge in [0.15, 0.2) is 0 Å². The lowest BCUT2D eigenvalue weighted by molar-refractivity contribution is 0.264. The zero-order valence-electron chi connectivity index (χ0n) is 9.21. The Bertz CT molecular complexity index is 390. The van der Waals surface area contributed by atoms with Crippen molar-refractivity contribution in [1.29, 1.82) is 0 Å². The van der Waals surface area contributed by atoms with Gasteiger partial charge in [0.1, 0.15) is 5.75 Å². The monoisotopic (exact) mass is 281 g/mol. The topological polar surface area (TPSA) is 21.3 Å². The summed E-state index contributed by atoms with van der Waals surface area (Å²) < 4.78 is 6.89. The van der Waals surface area contributed by atoms with Gasteiger partial charge in [0.2, 0.25) is 0 Å². The van der Waals surface area contributed by atoms with Gasteiger partial charge in [0, 0.05) is 28.5 Å². The zero-order chi connectivity index (χ0) is 11.0. The molecule has 0 aromatic heterocycles. The van der Waals surface area contributed by atoms with E-state index in [0.717, 1.165) is 31.4 Å². The van der Waals surface area contributed by atoms with E-state index < -0.39 is 0 Å². The summed E-state index contributed by atoms with van der Waals surface area (Å²) in [5.74, 6) is 1.66. The second-order valence-corrected chi connectivity index (χ2v) is 5.52. The maximum atomic E-state index is 5.70. The van der Waals surface area contributed by atoms with Crippen LogP contribution in [0.2, 0.25) is 0 Å². The highest BCUT2D eigenvalue weighted by molar-refractivity contribution is 9.10. The Balaban J connectivity index is 1.80. The Morgan fingerprint density at radius 1 is 1.31 bits per heavy atom. The third-order valence-corrected chi connectivity index (χ3v) is 4.07. The van der Waals surface area contributed by atoms with E-state index >= 15 is 0 Å². The molecule has 1 N–H and O–H groups in total. The van der Waals surface area contributed by atoms with Crippen LogP contribution >= 0.6 is 15.9 Å². The first-order valence-corrected chi connectivity index (χ1v) is 6.78. The van der Waals surface area contributed by atoms with Crippen molar-refractivity contribution in [2.75, 3.05) is 13.2 Å². The van der Waals surface area contributed by atoms with Crippen molar-refractivity contribution < 1.29 is 4.74 Å². The number of hydrogen-bond donors (Lipinski definition) is 1. The number of ether oxygens (including phenoxy) is 1. The van der Waals surface area contributed by atoms with Gasteiger partial charge in [-0.15, -0.1) is 0 Å². The molecule has 0 amide bonds. The summed E-state index contributed by atoms with van der Waals surface area (Å²) in [7, 11) is 0. The highest BCUT2D eigenvalue weighted by atomic mass is 79.9. The number of halogens is 1. The van der Waals surface area contributed by atoms with Crippen LogP contribution in [0.25, 0.3) is 0 Å². The van der Waals surface area contributed by atoms with Gasteiger partial charge in [-0.2, -0.15) is 0 Å². The Hall–Kier alpha value is -0.540.